The fraction of sp³-hybridized carbons (Fsp3) is 0.636. The van der Waals surface area contributed by atoms with Gasteiger partial charge in [-0.2, -0.15) is 4.98 Å². The van der Waals surface area contributed by atoms with Crippen molar-refractivity contribution in [2.24, 2.45) is 0 Å². The smallest absolute Gasteiger partial charge is 0.257 e. The van der Waals surface area contributed by atoms with Gasteiger partial charge >= 0.3 is 0 Å². The Morgan fingerprint density at radius 3 is 2.59 bits per heavy atom. The van der Waals surface area contributed by atoms with Crippen molar-refractivity contribution in [1.82, 2.24) is 15.3 Å². The molecule has 0 aromatic carbocycles. The van der Waals surface area contributed by atoms with Crippen LogP contribution >= 0.6 is 0 Å². The largest absolute Gasteiger partial charge is 0.383 e. The third-order valence-electron chi connectivity index (χ3n) is 3.37. The van der Waals surface area contributed by atoms with Crippen LogP contribution in [0.2, 0.25) is 0 Å². The SMILES string of the molecule is Nc1nc(N2CCNCC2)[nH]c(=O)c1C1CC1. The summed E-state index contributed by atoms with van der Waals surface area (Å²) >= 11 is 0. The minimum absolute atomic E-state index is 0.0615. The number of aromatic nitrogens is 2. The Morgan fingerprint density at radius 1 is 1.29 bits per heavy atom. The molecule has 0 atom stereocenters. The van der Waals surface area contributed by atoms with E-state index in [4.69, 9.17) is 5.73 Å². The molecule has 6 nitrogen and oxygen atoms in total. The number of nitrogens with two attached hydrogens (primary N) is 1. The molecule has 0 bridgehead atoms. The zero-order chi connectivity index (χ0) is 11.8. The molecular weight excluding hydrogens is 218 g/mol. The summed E-state index contributed by atoms with van der Waals surface area (Å²) in [6, 6.07) is 0. The predicted octanol–water partition coefficient (Wildman–Crippen LogP) is -0.361. The van der Waals surface area contributed by atoms with Gasteiger partial charge < -0.3 is 16.0 Å². The van der Waals surface area contributed by atoms with Crippen molar-refractivity contribution in [3.63, 3.8) is 0 Å². The van der Waals surface area contributed by atoms with Crippen molar-refractivity contribution < 1.29 is 0 Å². The second-order valence-corrected chi connectivity index (χ2v) is 4.70. The first-order valence-corrected chi connectivity index (χ1v) is 6.11. The van der Waals surface area contributed by atoms with Gasteiger partial charge in [0.15, 0.2) is 0 Å². The van der Waals surface area contributed by atoms with Crippen LogP contribution in [0.15, 0.2) is 4.79 Å². The molecule has 92 valence electrons. The summed E-state index contributed by atoms with van der Waals surface area (Å²) in [7, 11) is 0. The standard InChI is InChI=1S/C11H17N5O/c12-9-8(7-1-2-7)10(17)15-11(14-9)16-5-3-13-4-6-16/h7,13H,1-6H2,(H3,12,14,15,17). The van der Waals surface area contributed by atoms with Crippen LogP contribution in [-0.2, 0) is 0 Å². The highest BCUT2D eigenvalue weighted by Crippen LogP contribution is 2.40. The molecular formula is C11H17N5O. The van der Waals surface area contributed by atoms with E-state index >= 15 is 0 Å². The lowest BCUT2D eigenvalue weighted by molar-refractivity contribution is 0.579. The maximum atomic E-state index is 12.0. The van der Waals surface area contributed by atoms with Crippen molar-refractivity contribution in [1.29, 1.82) is 0 Å². The number of aromatic amines is 1. The van der Waals surface area contributed by atoms with Gasteiger partial charge in [-0.25, -0.2) is 0 Å². The van der Waals surface area contributed by atoms with E-state index in [2.05, 4.69) is 20.2 Å². The first kappa shape index (κ1) is 10.6. The molecule has 4 N–H and O–H groups in total. The summed E-state index contributed by atoms with van der Waals surface area (Å²) in [6.07, 6.45) is 2.11. The van der Waals surface area contributed by atoms with Gasteiger partial charge in [0.05, 0.1) is 5.56 Å². The van der Waals surface area contributed by atoms with Crippen LogP contribution in [0.5, 0.6) is 0 Å². The Morgan fingerprint density at radius 2 is 2.00 bits per heavy atom. The van der Waals surface area contributed by atoms with E-state index in [1.54, 1.807) is 0 Å². The monoisotopic (exact) mass is 235 g/mol. The van der Waals surface area contributed by atoms with Crippen LogP contribution in [0.25, 0.3) is 0 Å². The number of piperazine rings is 1. The second kappa shape index (κ2) is 4.03. The summed E-state index contributed by atoms with van der Waals surface area (Å²) in [4.78, 5) is 21.2. The van der Waals surface area contributed by atoms with Gasteiger partial charge in [0.2, 0.25) is 5.95 Å². The second-order valence-electron chi connectivity index (χ2n) is 4.70. The molecule has 1 aromatic heterocycles. The highest BCUT2D eigenvalue weighted by molar-refractivity contribution is 5.47. The van der Waals surface area contributed by atoms with Gasteiger partial charge in [-0.15, -0.1) is 0 Å². The molecule has 1 aliphatic carbocycles. The molecule has 6 heteroatoms. The lowest BCUT2D eigenvalue weighted by Crippen LogP contribution is -2.45. The Labute approximate surface area is 99.2 Å². The van der Waals surface area contributed by atoms with E-state index in [9.17, 15) is 4.79 Å². The van der Waals surface area contributed by atoms with Gasteiger partial charge in [-0.05, 0) is 18.8 Å². The van der Waals surface area contributed by atoms with Gasteiger partial charge in [-0.1, -0.05) is 0 Å². The molecule has 1 saturated heterocycles. The maximum absolute atomic E-state index is 12.0. The van der Waals surface area contributed by atoms with Crippen molar-refractivity contribution >= 4 is 11.8 Å². The fourth-order valence-electron chi connectivity index (χ4n) is 2.28. The number of nitrogen functional groups attached to an aromatic ring is 1. The molecule has 2 fully saturated rings. The quantitative estimate of drug-likeness (QED) is 0.651. The molecule has 0 radical (unpaired) electrons. The minimum Gasteiger partial charge on any atom is -0.383 e. The number of hydrogen-bond acceptors (Lipinski definition) is 5. The Bertz CT molecular complexity index is 473. The van der Waals surface area contributed by atoms with E-state index in [0.717, 1.165) is 39.0 Å². The van der Waals surface area contributed by atoms with Crippen LogP contribution in [0.1, 0.15) is 24.3 Å². The Kier molecular flexibility index (Phi) is 2.51. The summed E-state index contributed by atoms with van der Waals surface area (Å²) in [5.41, 5.74) is 6.52. The molecule has 3 rings (SSSR count). The predicted molar refractivity (Wildman–Crippen MR) is 66.3 cm³/mol. The van der Waals surface area contributed by atoms with Gasteiger partial charge in [0.1, 0.15) is 5.82 Å². The topological polar surface area (TPSA) is 87.0 Å². The lowest BCUT2D eigenvalue weighted by Gasteiger charge is -2.28. The zero-order valence-corrected chi connectivity index (χ0v) is 9.70. The van der Waals surface area contributed by atoms with E-state index in [0.29, 0.717) is 23.2 Å². The summed E-state index contributed by atoms with van der Waals surface area (Å²) in [5, 5.41) is 3.26. The van der Waals surface area contributed by atoms with Crippen LogP contribution in [-0.4, -0.2) is 36.1 Å². The average molecular weight is 235 g/mol. The Balaban J connectivity index is 1.93. The van der Waals surface area contributed by atoms with Crippen LogP contribution in [0, 0.1) is 0 Å². The molecule has 1 aliphatic heterocycles. The normalized spacial score (nSPS) is 20.6. The third kappa shape index (κ3) is 2.00. The fourth-order valence-corrected chi connectivity index (χ4v) is 2.28. The molecule has 1 saturated carbocycles. The molecule has 17 heavy (non-hydrogen) atoms. The highest BCUT2D eigenvalue weighted by Gasteiger charge is 2.30. The summed E-state index contributed by atoms with van der Waals surface area (Å²) in [6.45, 7) is 3.53. The van der Waals surface area contributed by atoms with Crippen LogP contribution in [0.3, 0.4) is 0 Å². The van der Waals surface area contributed by atoms with Gasteiger partial charge in [0.25, 0.3) is 5.56 Å². The first-order chi connectivity index (χ1) is 8.25. The summed E-state index contributed by atoms with van der Waals surface area (Å²) in [5.74, 6) is 1.35. The van der Waals surface area contributed by atoms with Crippen molar-refractivity contribution in [2.45, 2.75) is 18.8 Å². The molecule has 2 heterocycles. The zero-order valence-electron chi connectivity index (χ0n) is 9.70. The molecule has 0 amide bonds. The van der Waals surface area contributed by atoms with Crippen molar-refractivity contribution in [3.8, 4) is 0 Å². The van der Waals surface area contributed by atoms with Crippen molar-refractivity contribution in [3.05, 3.63) is 15.9 Å². The van der Waals surface area contributed by atoms with Gasteiger partial charge in [0, 0.05) is 26.2 Å². The number of nitrogens with one attached hydrogen (secondary N) is 2. The minimum atomic E-state index is -0.0615. The molecule has 2 aliphatic rings. The van der Waals surface area contributed by atoms with Gasteiger partial charge in [-0.3, -0.25) is 9.78 Å². The number of H-pyrrole nitrogens is 1. The number of nitrogens with zero attached hydrogens (tertiary/aromatic N) is 2. The van der Waals surface area contributed by atoms with E-state index in [1.165, 1.54) is 0 Å². The average Bonchev–Trinajstić information content (AvgIpc) is 3.14. The van der Waals surface area contributed by atoms with Crippen molar-refractivity contribution in [2.75, 3.05) is 36.8 Å². The number of hydrogen-bond donors (Lipinski definition) is 3. The van der Waals surface area contributed by atoms with Crippen LogP contribution < -0.4 is 21.5 Å². The number of anilines is 2. The van der Waals surface area contributed by atoms with E-state index in [1.807, 2.05) is 0 Å². The maximum Gasteiger partial charge on any atom is 0.257 e. The number of rotatable bonds is 2. The van der Waals surface area contributed by atoms with Crippen LogP contribution in [0.4, 0.5) is 11.8 Å². The Hall–Kier alpha value is -1.56. The first-order valence-electron chi connectivity index (χ1n) is 6.11. The molecule has 0 unspecified atom stereocenters. The molecule has 1 aromatic rings. The highest BCUT2D eigenvalue weighted by atomic mass is 16.1. The lowest BCUT2D eigenvalue weighted by atomic mass is 10.2. The molecule has 0 spiro atoms. The van der Waals surface area contributed by atoms with E-state index in [-0.39, 0.29) is 5.56 Å². The van der Waals surface area contributed by atoms with E-state index < -0.39 is 0 Å². The summed E-state index contributed by atoms with van der Waals surface area (Å²) < 4.78 is 0. The third-order valence-corrected chi connectivity index (χ3v) is 3.37.